The highest BCUT2D eigenvalue weighted by molar-refractivity contribution is 6.32. The monoisotopic (exact) mass is 629 g/mol. The van der Waals surface area contributed by atoms with Crippen LogP contribution in [0.4, 0.5) is 15.0 Å². The van der Waals surface area contributed by atoms with Crippen molar-refractivity contribution >= 4 is 46.4 Å². The maximum absolute atomic E-state index is 16.3. The molecule has 1 saturated heterocycles. The van der Waals surface area contributed by atoms with Gasteiger partial charge in [0.2, 0.25) is 0 Å². The fraction of sp³-hybridized carbons (Fsp3) is 0.387. The third-order valence-corrected chi connectivity index (χ3v) is 8.25. The molecule has 9 nitrogen and oxygen atoms in total. The number of nitrogens with one attached hydrogen (secondary N) is 1. The van der Waals surface area contributed by atoms with Gasteiger partial charge in [-0.1, -0.05) is 41.9 Å². The van der Waals surface area contributed by atoms with Gasteiger partial charge in [-0.15, -0.1) is 11.6 Å². The molecule has 1 aromatic carbocycles. The molecule has 0 saturated carbocycles. The van der Waals surface area contributed by atoms with Crippen LogP contribution in [0.2, 0.25) is 5.15 Å². The lowest BCUT2D eigenvalue weighted by atomic mass is 9.79. The van der Waals surface area contributed by atoms with E-state index in [1.165, 1.54) is 34.7 Å². The van der Waals surface area contributed by atoms with Gasteiger partial charge in [0, 0.05) is 39.6 Å². The van der Waals surface area contributed by atoms with E-state index in [1.807, 2.05) is 35.2 Å². The molecule has 0 spiro atoms. The number of benzene rings is 1. The first-order chi connectivity index (χ1) is 20.3. The van der Waals surface area contributed by atoms with Crippen molar-refractivity contribution < 1.29 is 18.7 Å². The second-order valence-corrected chi connectivity index (χ2v) is 12.6. The number of aromatic nitrogens is 3. The topological polar surface area (TPSA) is 90.6 Å². The molecule has 1 amide bonds. The summed E-state index contributed by atoms with van der Waals surface area (Å²) in [6.45, 7) is 6.43. The third kappa shape index (κ3) is 6.09. The number of allylic oxidation sites excluding steroid dienone is 2. The lowest BCUT2D eigenvalue weighted by molar-refractivity contribution is 0.0509. The number of imidazole rings is 1. The fourth-order valence-corrected chi connectivity index (χ4v) is 6.28. The average molecular weight is 631 g/mol. The van der Waals surface area contributed by atoms with Crippen molar-refractivity contribution in [3.05, 3.63) is 93.5 Å². The fourth-order valence-electron chi connectivity index (χ4n) is 5.58. The molecule has 3 atom stereocenters. The van der Waals surface area contributed by atoms with E-state index in [0.717, 1.165) is 0 Å². The number of pyridine rings is 1. The summed E-state index contributed by atoms with van der Waals surface area (Å²) in [4.78, 5) is 30.3. The van der Waals surface area contributed by atoms with E-state index >= 15 is 4.39 Å². The predicted molar refractivity (Wildman–Crippen MR) is 166 cm³/mol. The van der Waals surface area contributed by atoms with Crippen molar-refractivity contribution in [3.63, 3.8) is 0 Å². The zero-order valence-corrected chi connectivity index (χ0v) is 26.1. The van der Waals surface area contributed by atoms with Gasteiger partial charge < -0.3 is 24.3 Å². The Balaban J connectivity index is 1.59. The Bertz CT molecular complexity index is 1650. The Kier molecular flexibility index (Phi) is 8.48. The molecular weight excluding hydrogens is 596 g/mol. The summed E-state index contributed by atoms with van der Waals surface area (Å²) in [6.07, 6.45) is 3.59. The molecule has 12 heteroatoms. The molecule has 1 aliphatic carbocycles. The van der Waals surface area contributed by atoms with Crippen molar-refractivity contribution in [2.45, 2.75) is 49.8 Å². The molecule has 228 valence electrons. The van der Waals surface area contributed by atoms with Crippen LogP contribution in [0.5, 0.6) is 0 Å². The molecule has 0 radical (unpaired) electrons. The molecule has 1 fully saturated rings. The first-order valence-electron chi connectivity index (χ1n) is 13.9. The number of hydrogen-bond donors (Lipinski definition) is 1. The van der Waals surface area contributed by atoms with Crippen LogP contribution in [0.15, 0.2) is 71.6 Å². The second-order valence-electron chi connectivity index (χ2n) is 11.7. The van der Waals surface area contributed by atoms with Crippen LogP contribution in [-0.4, -0.2) is 58.2 Å². The second kappa shape index (κ2) is 11.8. The van der Waals surface area contributed by atoms with Crippen LogP contribution in [0.3, 0.4) is 0 Å². The smallest absolute Gasteiger partial charge is 0.407 e. The Hall–Kier alpha value is -3.60. The lowest BCUT2D eigenvalue weighted by Gasteiger charge is -2.41. The quantitative estimate of drug-likeness (QED) is 0.277. The number of alkyl halides is 1. The molecule has 2 aromatic heterocycles. The molecule has 1 aliphatic heterocycles. The summed E-state index contributed by atoms with van der Waals surface area (Å²) in [5, 5.41) is 3.03. The van der Waals surface area contributed by atoms with Crippen LogP contribution >= 0.6 is 23.2 Å². The van der Waals surface area contributed by atoms with E-state index in [-0.39, 0.29) is 16.9 Å². The average Bonchev–Trinajstić information content (AvgIpc) is 3.54. The van der Waals surface area contributed by atoms with Gasteiger partial charge in [-0.25, -0.2) is 19.0 Å². The third-order valence-electron chi connectivity index (χ3n) is 7.46. The SMILES string of the molecule is COC1C(c2ccccc2)=CC(F)=C(n2ccn(C)c2=O)C1(Cl)c1cc(Cl)nc(N2CC[C@H](NC(=O)OC(C)(C)C)C2)c1. The number of halogens is 3. The number of rotatable bonds is 6. The van der Waals surface area contributed by atoms with Crippen molar-refractivity contribution in [3.8, 4) is 0 Å². The molecule has 2 aliphatic rings. The molecule has 3 heterocycles. The summed E-state index contributed by atoms with van der Waals surface area (Å²) in [5.74, 6) is -0.199. The Morgan fingerprint density at radius 1 is 1.19 bits per heavy atom. The number of anilines is 1. The van der Waals surface area contributed by atoms with Gasteiger partial charge in [0.25, 0.3) is 0 Å². The highest BCUT2D eigenvalue weighted by atomic mass is 35.5. The molecule has 43 heavy (non-hydrogen) atoms. The number of ether oxygens (including phenoxy) is 2. The van der Waals surface area contributed by atoms with Crippen molar-refractivity contribution in [2.24, 2.45) is 7.05 Å². The summed E-state index contributed by atoms with van der Waals surface area (Å²) in [5.41, 5.74) is 0.419. The van der Waals surface area contributed by atoms with Crippen LogP contribution in [0.1, 0.15) is 38.3 Å². The summed E-state index contributed by atoms with van der Waals surface area (Å²) in [6, 6.07) is 12.3. The largest absolute Gasteiger partial charge is 0.444 e. The minimum atomic E-state index is -1.74. The maximum atomic E-state index is 16.3. The number of nitrogens with zero attached hydrogens (tertiary/aromatic N) is 4. The van der Waals surface area contributed by atoms with Crippen LogP contribution in [0, 0.1) is 0 Å². The van der Waals surface area contributed by atoms with E-state index in [2.05, 4.69) is 10.3 Å². The van der Waals surface area contributed by atoms with Crippen molar-refractivity contribution in [1.82, 2.24) is 19.4 Å². The number of aryl methyl sites for hydroxylation is 1. The Morgan fingerprint density at radius 3 is 2.53 bits per heavy atom. The van der Waals surface area contributed by atoms with Crippen LogP contribution in [0.25, 0.3) is 11.3 Å². The molecular formula is C31H34Cl2FN5O4. The number of carbonyl (C=O) groups excluding carboxylic acids is 1. The number of alkyl carbamates (subject to hydrolysis) is 1. The summed E-state index contributed by atoms with van der Waals surface area (Å²) < 4.78 is 30.3. The highest BCUT2D eigenvalue weighted by Gasteiger charge is 2.51. The number of methoxy groups -OCH3 is 1. The molecule has 5 rings (SSSR count). The summed E-state index contributed by atoms with van der Waals surface area (Å²) in [7, 11) is 3.07. The van der Waals surface area contributed by atoms with Crippen LogP contribution < -0.4 is 15.9 Å². The molecule has 0 bridgehead atoms. The highest BCUT2D eigenvalue weighted by Crippen LogP contribution is 2.53. The van der Waals surface area contributed by atoms with Crippen molar-refractivity contribution in [1.29, 1.82) is 0 Å². The number of amides is 1. The number of hydrogen-bond acceptors (Lipinski definition) is 6. The van der Waals surface area contributed by atoms with Gasteiger partial charge in [0.1, 0.15) is 33.4 Å². The molecule has 2 unspecified atom stereocenters. The normalized spacial score (nSPS) is 22.5. The van der Waals surface area contributed by atoms with Gasteiger partial charge in [0.15, 0.2) is 0 Å². The predicted octanol–water partition coefficient (Wildman–Crippen LogP) is 5.72. The van der Waals surface area contributed by atoms with Crippen molar-refractivity contribution in [2.75, 3.05) is 25.1 Å². The zero-order valence-electron chi connectivity index (χ0n) is 24.6. The van der Waals surface area contributed by atoms with Gasteiger partial charge >= 0.3 is 11.8 Å². The van der Waals surface area contributed by atoms with E-state index in [1.54, 1.807) is 40.0 Å². The van der Waals surface area contributed by atoms with E-state index < -0.39 is 34.2 Å². The maximum Gasteiger partial charge on any atom is 0.407 e. The van der Waals surface area contributed by atoms with Gasteiger partial charge in [-0.2, -0.15) is 0 Å². The molecule has 1 N–H and O–H groups in total. The van der Waals surface area contributed by atoms with E-state index in [4.69, 9.17) is 32.7 Å². The first-order valence-corrected chi connectivity index (χ1v) is 14.6. The first kappa shape index (κ1) is 30.8. The Morgan fingerprint density at radius 2 is 1.91 bits per heavy atom. The van der Waals surface area contributed by atoms with Gasteiger partial charge in [-0.05, 0) is 62.1 Å². The van der Waals surface area contributed by atoms with E-state index in [0.29, 0.717) is 42.0 Å². The summed E-state index contributed by atoms with van der Waals surface area (Å²) >= 11 is 14.2. The minimum Gasteiger partial charge on any atom is -0.444 e. The Labute approximate surface area is 259 Å². The van der Waals surface area contributed by atoms with E-state index in [9.17, 15) is 9.59 Å². The lowest BCUT2D eigenvalue weighted by Crippen LogP contribution is -2.44. The van der Waals surface area contributed by atoms with Crippen LogP contribution in [-0.2, 0) is 21.4 Å². The van der Waals surface area contributed by atoms with Gasteiger partial charge in [-0.3, -0.25) is 4.57 Å². The van der Waals surface area contributed by atoms with Gasteiger partial charge in [0.05, 0.1) is 11.7 Å². The standard InChI is InChI=1S/C31H34Cl2FN5O4/c1-30(2,3)43-28(40)35-21-11-12-38(18-21)25-16-20(15-24(32)36-25)31(33)26(39-14-13-37(4)29(39)41)23(34)17-22(27(31)42-5)19-9-7-6-8-10-19/h6-10,13-17,21,27H,11-12,18H2,1-5H3,(H,35,40)/t21-,27?,31?/m0/s1. The zero-order chi connectivity index (χ0) is 31.1. The minimum absolute atomic E-state index is 0.0922. The molecule has 3 aromatic rings. The number of carbonyl (C=O) groups is 1.